The number of carbonyl (C=O) groups excluding carboxylic acids is 1. The van der Waals surface area contributed by atoms with Gasteiger partial charge in [0.25, 0.3) is 0 Å². The van der Waals surface area contributed by atoms with Crippen LogP contribution in [0, 0.1) is 6.92 Å². The molecular formula is C13H18N2O2. The second kappa shape index (κ2) is 5.29. The summed E-state index contributed by atoms with van der Waals surface area (Å²) in [5.74, 6) is 0.0128. The third-order valence-electron chi connectivity index (χ3n) is 3.14. The second-order valence-corrected chi connectivity index (χ2v) is 4.36. The van der Waals surface area contributed by atoms with Gasteiger partial charge in [0.1, 0.15) is 0 Å². The van der Waals surface area contributed by atoms with E-state index in [9.17, 15) is 4.79 Å². The first kappa shape index (κ1) is 12.1. The first-order valence-corrected chi connectivity index (χ1v) is 5.83. The van der Waals surface area contributed by atoms with E-state index in [1.54, 1.807) is 7.11 Å². The van der Waals surface area contributed by atoms with Crippen LogP contribution in [-0.2, 0) is 9.53 Å². The van der Waals surface area contributed by atoms with Gasteiger partial charge in [-0.2, -0.15) is 0 Å². The van der Waals surface area contributed by atoms with Crippen LogP contribution in [-0.4, -0.2) is 31.7 Å². The molecule has 0 aliphatic carbocycles. The Morgan fingerprint density at radius 2 is 2.24 bits per heavy atom. The molecule has 1 amide bonds. The third-order valence-corrected chi connectivity index (χ3v) is 3.14. The minimum atomic E-state index is -0.153. The van der Waals surface area contributed by atoms with Crippen molar-refractivity contribution >= 4 is 11.6 Å². The minimum Gasteiger partial charge on any atom is -0.380 e. The Morgan fingerprint density at radius 1 is 1.47 bits per heavy atom. The van der Waals surface area contributed by atoms with Gasteiger partial charge in [-0.3, -0.25) is 4.79 Å². The number of amides is 1. The predicted octanol–water partition coefficient (Wildman–Crippen LogP) is 1.31. The van der Waals surface area contributed by atoms with Gasteiger partial charge in [-0.25, -0.2) is 0 Å². The summed E-state index contributed by atoms with van der Waals surface area (Å²) in [6, 6.07) is 7.62. The summed E-state index contributed by atoms with van der Waals surface area (Å²) in [6.07, 6.45) is 0.872. The number of para-hydroxylation sites is 1. The molecule has 2 N–H and O–H groups in total. The zero-order chi connectivity index (χ0) is 12.3. The minimum absolute atomic E-state index is 0.0128. The van der Waals surface area contributed by atoms with Crippen LogP contribution in [0.2, 0.25) is 0 Å². The van der Waals surface area contributed by atoms with Crippen LogP contribution < -0.4 is 10.6 Å². The number of rotatable bonds is 3. The molecule has 1 aromatic rings. The zero-order valence-corrected chi connectivity index (χ0v) is 10.2. The molecule has 0 saturated carbocycles. The lowest BCUT2D eigenvalue weighted by Gasteiger charge is -2.12. The van der Waals surface area contributed by atoms with Crippen molar-refractivity contribution in [2.45, 2.75) is 25.5 Å². The second-order valence-electron chi connectivity index (χ2n) is 4.36. The van der Waals surface area contributed by atoms with Crippen LogP contribution in [0.5, 0.6) is 0 Å². The van der Waals surface area contributed by atoms with Crippen molar-refractivity contribution in [3.8, 4) is 0 Å². The Morgan fingerprint density at radius 3 is 2.88 bits per heavy atom. The lowest BCUT2D eigenvalue weighted by Crippen LogP contribution is -2.35. The maximum atomic E-state index is 12.0. The molecule has 2 unspecified atom stereocenters. The van der Waals surface area contributed by atoms with Crippen LogP contribution in [0.25, 0.3) is 0 Å². The number of benzene rings is 1. The number of hydrogen-bond acceptors (Lipinski definition) is 3. The average Bonchev–Trinajstić information content (AvgIpc) is 2.81. The monoisotopic (exact) mass is 234 g/mol. The van der Waals surface area contributed by atoms with Crippen molar-refractivity contribution in [2.75, 3.05) is 19.0 Å². The highest BCUT2D eigenvalue weighted by molar-refractivity contribution is 5.95. The smallest absolute Gasteiger partial charge is 0.241 e. The molecule has 0 radical (unpaired) electrons. The maximum absolute atomic E-state index is 12.0. The normalized spacial score (nSPS) is 23.6. The lowest BCUT2D eigenvalue weighted by atomic mass is 10.1. The van der Waals surface area contributed by atoms with E-state index >= 15 is 0 Å². The molecular weight excluding hydrogens is 216 g/mol. The Bertz CT molecular complexity index is 406. The van der Waals surface area contributed by atoms with Gasteiger partial charge in [0, 0.05) is 19.3 Å². The summed E-state index contributed by atoms with van der Waals surface area (Å²) < 4.78 is 5.22. The van der Waals surface area contributed by atoms with E-state index in [0.717, 1.165) is 24.2 Å². The van der Waals surface area contributed by atoms with Crippen molar-refractivity contribution in [3.05, 3.63) is 29.8 Å². The molecule has 1 saturated heterocycles. The number of hydrogen-bond donors (Lipinski definition) is 2. The van der Waals surface area contributed by atoms with Crippen LogP contribution in [0.4, 0.5) is 5.69 Å². The fourth-order valence-electron chi connectivity index (χ4n) is 2.02. The summed E-state index contributed by atoms with van der Waals surface area (Å²) in [7, 11) is 1.67. The van der Waals surface area contributed by atoms with E-state index in [1.165, 1.54) is 0 Å². The SMILES string of the molecule is COC1CNC(C(=O)Nc2ccccc2C)C1. The highest BCUT2D eigenvalue weighted by atomic mass is 16.5. The highest BCUT2D eigenvalue weighted by Crippen LogP contribution is 2.16. The first-order valence-electron chi connectivity index (χ1n) is 5.83. The average molecular weight is 234 g/mol. The molecule has 92 valence electrons. The van der Waals surface area contributed by atoms with E-state index in [1.807, 2.05) is 31.2 Å². The van der Waals surface area contributed by atoms with E-state index in [0.29, 0.717) is 0 Å². The van der Waals surface area contributed by atoms with Gasteiger partial charge in [0.2, 0.25) is 5.91 Å². The topological polar surface area (TPSA) is 50.4 Å². The molecule has 1 aromatic carbocycles. The summed E-state index contributed by atoms with van der Waals surface area (Å²) in [4.78, 5) is 12.0. The molecule has 2 rings (SSSR count). The number of aryl methyl sites for hydroxylation is 1. The number of nitrogens with one attached hydrogen (secondary N) is 2. The predicted molar refractivity (Wildman–Crippen MR) is 67.0 cm³/mol. The Labute approximate surface area is 101 Å². The molecule has 0 aromatic heterocycles. The molecule has 0 bridgehead atoms. The summed E-state index contributed by atoms with van der Waals surface area (Å²) in [5.41, 5.74) is 1.95. The fourth-order valence-corrected chi connectivity index (χ4v) is 2.02. The number of methoxy groups -OCH3 is 1. The number of ether oxygens (including phenoxy) is 1. The molecule has 1 aliphatic heterocycles. The van der Waals surface area contributed by atoms with Gasteiger partial charge in [-0.15, -0.1) is 0 Å². The molecule has 1 heterocycles. The lowest BCUT2D eigenvalue weighted by molar-refractivity contribution is -0.118. The van der Waals surface area contributed by atoms with Crippen molar-refractivity contribution in [1.82, 2.24) is 5.32 Å². The van der Waals surface area contributed by atoms with Gasteiger partial charge in [-0.05, 0) is 25.0 Å². The van der Waals surface area contributed by atoms with E-state index in [4.69, 9.17) is 4.74 Å². The Hall–Kier alpha value is -1.39. The summed E-state index contributed by atoms with van der Waals surface area (Å²) in [6.45, 7) is 2.72. The molecule has 2 atom stereocenters. The number of anilines is 1. The van der Waals surface area contributed by atoms with Gasteiger partial charge in [0.15, 0.2) is 0 Å². The van der Waals surface area contributed by atoms with E-state index in [2.05, 4.69) is 10.6 Å². The van der Waals surface area contributed by atoms with Gasteiger partial charge < -0.3 is 15.4 Å². The Kier molecular flexibility index (Phi) is 3.76. The van der Waals surface area contributed by atoms with Crippen molar-refractivity contribution in [2.24, 2.45) is 0 Å². The van der Waals surface area contributed by atoms with Gasteiger partial charge in [0.05, 0.1) is 12.1 Å². The fraction of sp³-hybridized carbons (Fsp3) is 0.462. The van der Waals surface area contributed by atoms with Crippen LogP contribution in [0.15, 0.2) is 24.3 Å². The third kappa shape index (κ3) is 2.84. The maximum Gasteiger partial charge on any atom is 0.241 e. The van der Waals surface area contributed by atoms with Gasteiger partial charge in [-0.1, -0.05) is 18.2 Å². The van der Waals surface area contributed by atoms with Crippen molar-refractivity contribution in [1.29, 1.82) is 0 Å². The highest BCUT2D eigenvalue weighted by Gasteiger charge is 2.29. The molecule has 4 nitrogen and oxygen atoms in total. The quantitative estimate of drug-likeness (QED) is 0.829. The first-order chi connectivity index (χ1) is 8.20. The molecule has 0 spiro atoms. The van der Waals surface area contributed by atoms with Crippen LogP contribution in [0.3, 0.4) is 0 Å². The Balaban J connectivity index is 1.96. The number of carbonyl (C=O) groups is 1. The molecule has 1 aliphatic rings. The van der Waals surface area contributed by atoms with E-state index < -0.39 is 0 Å². The molecule has 17 heavy (non-hydrogen) atoms. The molecule has 1 fully saturated rings. The largest absolute Gasteiger partial charge is 0.380 e. The zero-order valence-electron chi connectivity index (χ0n) is 10.2. The van der Waals surface area contributed by atoms with Crippen LogP contribution in [0.1, 0.15) is 12.0 Å². The van der Waals surface area contributed by atoms with Gasteiger partial charge >= 0.3 is 0 Å². The standard InChI is InChI=1S/C13H18N2O2/c1-9-5-3-4-6-11(9)15-13(16)12-7-10(17-2)8-14-12/h3-6,10,12,14H,7-8H2,1-2H3,(H,15,16). The summed E-state index contributed by atoms with van der Waals surface area (Å²) >= 11 is 0. The van der Waals surface area contributed by atoms with Crippen LogP contribution >= 0.6 is 0 Å². The van der Waals surface area contributed by atoms with E-state index in [-0.39, 0.29) is 18.1 Å². The summed E-state index contributed by atoms with van der Waals surface area (Å²) in [5, 5.41) is 6.10. The molecule has 4 heteroatoms. The van der Waals surface area contributed by atoms with Crippen molar-refractivity contribution < 1.29 is 9.53 Å². The van der Waals surface area contributed by atoms with Crippen molar-refractivity contribution in [3.63, 3.8) is 0 Å².